The van der Waals surface area contributed by atoms with Gasteiger partial charge in [-0.25, -0.2) is 4.39 Å². The van der Waals surface area contributed by atoms with Gasteiger partial charge in [0.2, 0.25) is 11.8 Å². The van der Waals surface area contributed by atoms with Crippen molar-refractivity contribution < 1.29 is 24.3 Å². The second-order valence-electron chi connectivity index (χ2n) is 11.1. The number of piperidine rings is 1. The van der Waals surface area contributed by atoms with Crippen LogP contribution in [0.5, 0.6) is 0 Å². The number of hydrogen-bond donors (Lipinski definition) is 1. The van der Waals surface area contributed by atoms with Gasteiger partial charge in [0, 0.05) is 55.5 Å². The van der Waals surface area contributed by atoms with Crippen LogP contribution in [0.15, 0.2) is 72.8 Å². The largest absolute Gasteiger partial charge is 0.367 e. The summed E-state index contributed by atoms with van der Waals surface area (Å²) in [6, 6.07) is 20.0. The fourth-order valence-corrected chi connectivity index (χ4v) is 6.21. The highest BCUT2D eigenvalue weighted by atomic mass is 19.1. The Balaban J connectivity index is 1.12. The Morgan fingerprint density at radius 1 is 0.932 bits per heavy atom. The second kappa shape index (κ2) is 11.2. The number of carbonyl (C=O) groups excluding carboxylic acids is 3. The maximum atomic E-state index is 14.6. The second-order valence-corrected chi connectivity index (χ2v) is 11.1. The maximum absolute atomic E-state index is 14.6. The Morgan fingerprint density at radius 3 is 2.41 bits per heavy atom. The number of amides is 3. The molecule has 3 heterocycles. The lowest BCUT2D eigenvalue weighted by Gasteiger charge is -2.36. The van der Waals surface area contributed by atoms with Gasteiger partial charge >= 0.3 is 0 Å². The molecule has 7 rings (SSSR count). The molecule has 0 spiro atoms. The van der Waals surface area contributed by atoms with Gasteiger partial charge in [-0.15, -0.1) is 0 Å². The molecule has 0 radical (unpaired) electrons. The molecule has 9 heteroatoms. The van der Waals surface area contributed by atoms with E-state index in [1.807, 2.05) is 11.0 Å². The van der Waals surface area contributed by atoms with Crippen LogP contribution in [0.3, 0.4) is 0 Å². The van der Waals surface area contributed by atoms with Gasteiger partial charge in [-0.2, -0.15) is 5.26 Å². The van der Waals surface area contributed by atoms with Crippen LogP contribution >= 0.6 is 0 Å². The molecule has 8 nitrogen and oxygen atoms in total. The number of halogens is 1. The predicted octanol–water partition coefficient (Wildman–Crippen LogP) is 4.53. The van der Waals surface area contributed by atoms with Gasteiger partial charge in [0.1, 0.15) is 11.9 Å². The number of hydrogen-bond acceptors (Lipinski definition) is 6. The van der Waals surface area contributed by atoms with Crippen LogP contribution < -0.4 is 15.1 Å². The maximum Gasteiger partial charge on any atom is 0.259 e. The molecule has 220 valence electrons. The Morgan fingerprint density at radius 2 is 1.68 bits per heavy atom. The van der Waals surface area contributed by atoms with Crippen molar-refractivity contribution in [2.45, 2.75) is 31.8 Å². The van der Waals surface area contributed by atoms with Crippen molar-refractivity contribution in [3.63, 3.8) is 0 Å². The fraction of sp³-hybridized carbons (Fsp3) is 0.257. The lowest BCUT2D eigenvalue weighted by atomic mass is 9.95. The summed E-state index contributed by atoms with van der Waals surface area (Å²) in [5, 5.41) is 12.4. The van der Waals surface area contributed by atoms with Gasteiger partial charge in [0.25, 0.3) is 5.91 Å². The third kappa shape index (κ3) is 4.97. The van der Waals surface area contributed by atoms with Crippen molar-refractivity contribution >= 4 is 39.9 Å². The quantitative estimate of drug-likeness (QED) is 0.331. The smallest absolute Gasteiger partial charge is 0.259 e. The van der Waals surface area contributed by atoms with Crippen LogP contribution in [-0.4, -0.2) is 54.8 Å². The molecule has 44 heavy (non-hydrogen) atoms. The van der Waals surface area contributed by atoms with Crippen molar-refractivity contribution in [2.75, 3.05) is 36.0 Å². The number of anilines is 2. The summed E-state index contributed by atoms with van der Waals surface area (Å²) in [4.78, 5) is 42.8. The Bertz CT molecular complexity index is 2040. The first-order valence-corrected chi connectivity index (χ1v) is 14.5. The number of nitrogens with one attached hydrogen (secondary N) is 1. The van der Waals surface area contributed by atoms with Gasteiger partial charge in [-0.05, 0) is 65.2 Å². The van der Waals surface area contributed by atoms with Crippen LogP contribution in [0.2, 0.25) is 0 Å². The first-order chi connectivity index (χ1) is 22.9. The van der Waals surface area contributed by atoms with E-state index in [1.165, 1.54) is 11.0 Å². The van der Waals surface area contributed by atoms with Crippen molar-refractivity contribution in [1.82, 2.24) is 10.2 Å². The molecule has 2 fully saturated rings. The summed E-state index contributed by atoms with van der Waals surface area (Å²) in [6.07, 6.45) is -1.72. The molecule has 4 aromatic carbocycles. The zero-order valence-electron chi connectivity index (χ0n) is 27.6. The number of nitrogens with zero attached hydrogens (tertiary/aromatic N) is 4. The van der Waals surface area contributed by atoms with E-state index in [1.54, 1.807) is 71.6 Å². The average molecular weight is 592 g/mol. The van der Waals surface area contributed by atoms with Gasteiger partial charge in [-0.3, -0.25) is 29.5 Å². The van der Waals surface area contributed by atoms with E-state index >= 15 is 0 Å². The zero-order chi connectivity index (χ0) is 34.0. The highest BCUT2D eigenvalue weighted by Crippen LogP contribution is 2.41. The number of benzene rings is 4. The van der Waals surface area contributed by atoms with E-state index in [2.05, 4.69) is 5.32 Å². The molecule has 0 bridgehead atoms. The fourth-order valence-electron chi connectivity index (χ4n) is 6.21. The number of rotatable bonds is 6. The molecule has 4 aromatic rings. The van der Waals surface area contributed by atoms with Crippen molar-refractivity contribution in [2.24, 2.45) is 0 Å². The van der Waals surface area contributed by atoms with Crippen molar-refractivity contribution in [3.8, 4) is 6.07 Å². The number of imide groups is 1. The lowest BCUT2D eigenvalue weighted by Crippen LogP contribution is -2.53. The van der Waals surface area contributed by atoms with Gasteiger partial charge in [0.15, 0.2) is 0 Å². The molecule has 0 aromatic heterocycles. The minimum absolute atomic E-state index is 0.114. The summed E-state index contributed by atoms with van der Waals surface area (Å²) in [7, 11) is 0. The number of nitriles is 1. The van der Waals surface area contributed by atoms with Crippen molar-refractivity contribution in [1.29, 1.82) is 5.26 Å². The number of carbonyl (C=O) groups is 3. The van der Waals surface area contributed by atoms with E-state index in [0.29, 0.717) is 70.6 Å². The molecule has 3 aliphatic heterocycles. The van der Waals surface area contributed by atoms with Crippen LogP contribution in [0.25, 0.3) is 10.8 Å². The SMILES string of the molecule is [2H]C([2H])(c1ccc(C([2H])([2H])N2CCN(c3ccc(C#N)cc3F)CC2)cc1)c1ccc2c3c(cccc13)C(=O)N2C1CCC(=O)NC1=O. The molecule has 1 N–H and O–H groups in total. The molecule has 3 aliphatic rings. The summed E-state index contributed by atoms with van der Waals surface area (Å²) in [5.74, 6) is -1.79. The van der Waals surface area contributed by atoms with Gasteiger partial charge < -0.3 is 4.90 Å². The van der Waals surface area contributed by atoms with Crippen LogP contribution in [0.1, 0.15) is 50.9 Å². The molecule has 0 aliphatic carbocycles. The minimum atomic E-state index is -2.02. The highest BCUT2D eigenvalue weighted by molar-refractivity contribution is 6.27. The standard InChI is InChI=1S/C35H30FN5O3/c36-28-19-24(20-37)8-10-29(28)40-16-14-39(15-17-40)21-23-6-4-22(5-7-23)18-25-9-11-30-33-26(25)2-1-3-27(33)35(44)41(30)31-12-13-32(42)38-34(31)43/h1-11,19,31H,12-18,21H2,(H,38,42,43)/i18D2,21D2. The van der Waals surface area contributed by atoms with Crippen LogP contribution in [-0.2, 0) is 22.5 Å². The molecule has 0 saturated carbocycles. The first kappa shape index (κ1) is 23.4. The summed E-state index contributed by atoms with van der Waals surface area (Å²) >= 11 is 0. The predicted molar refractivity (Wildman–Crippen MR) is 165 cm³/mol. The van der Waals surface area contributed by atoms with E-state index in [-0.39, 0.29) is 30.2 Å². The van der Waals surface area contributed by atoms with Crippen LogP contribution in [0.4, 0.5) is 15.8 Å². The summed E-state index contributed by atoms with van der Waals surface area (Å²) < 4.78 is 50.8. The summed E-state index contributed by atoms with van der Waals surface area (Å²) in [6.45, 7) is -0.452. The van der Waals surface area contributed by atoms with E-state index in [0.717, 1.165) is 0 Å². The van der Waals surface area contributed by atoms with Crippen LogP contribution in [0, 0.1) is 17.1 Å². The number of piperazine rings is 1. The highest BCUT2D eigenvalue weighted by Gasteiger charge is 2.40. The molecule has 3 amide bonds. The Kier molecular flexibility index (Phi) is 5.96. The monoisotopic (exact) mass is 591 g/mol. The molecule has 1 unspecified atom stereocenters. The van der Waals surface area contributed by atoms with E-state index in [4.69, 9.17) is 8.00 Å². The van der Waals surface area contributed by atoms with E-state index < -0.39 is 30.6 Å². The Labute approximate surface area is 259 Å². The topological polar surface area (TPSA) is 96.8 Å². The average Bonchev–Trinajstić information content (AvgIpc) is 3.37. The molecular formula is C35H30FN5O3. The third-order valence-electron chi connectivity index (χ3n) is 8.40. The zero-order valence-corrected chi connectivity index (χ0v) is 23.6. The lowest BCUT2D eigenvalue weighted by molar-refractivity contribution is -0.134. The Hall–Kier alpha value is -5.07. The third-order valence-corrected chi connectivity index (χ3v) is 8.40. The van der Waals surface area contributed by atoms with Gasteiger partial charge in [-0.1, -0.05) is 42.5 Å². The summed E-state index contributed by atoms with van der Waals surface area (Å²) in [5.41, 5.74) is 2.43. The minimum Gasteiger partial charge on any atom is -0.367 e. The molecule has 2 saturated heterocycles. The van der Waals surface area contributed by atoms with Gasteiger partial charge in [0.05, 0.1) is 23.0 Å². The van der Waals surface area contributed by atoms with Crippen molar-refractivity contribution in [3.05, 3.63) is 106 Å². The molecular weight excluding hydrogens is 557 g/mol. The van der Waals surface area contributed by atoms with E-state index in [9.17, 15) is 21.5 Å². The normalized spacial score (nSPS) is 20.5. The first-order valence-electron chi connectivity index (χ1n) is 16.5. The molecule has 1 atom stereocenters.